The standard InChI is InChI=1S/C11H15IN4O/c1-11(2)10(17)15(3)4-5-16(11)9-8(12)6-13-7-14-9/h6-7H,4-5H2,1-3H3. The van der Waals surface area contributed by atoms with Gasteiger partial charge in [0.15, 0.2) is 0 Å². The molecule has 1 saturated heterocycles. The largest absolute Gasteiger partial charge is 0.342 e. The topological polar surface area (TPSA) is 49.3 Å². The first-order valence-corrected chi connectivity index (χ1v) is 6.51. The van der Waals surface area contributed by atoms with Gasteiger partial charge in [0.1, 0.15) is 17.7 Å². The molecule has 0 N–H and O–H groups in total. The lowest BCUT2D eigenvalue weighted by Crippen LogP contribution is -2.62. The lowest BCUT2D eigenvalue weighted by atomic mass is 9.98. The van der Waals surface area contributed by atoms with Crippen LogP contribution >= 0.6 is 22.6 Å². The summed E-state index contributed by atoms with van der Waals surface area (Å²) >= 11 is 2.20. The van der Waals surface area contributed by atoms with Gasteiger partial charge in [-0.2, -0.15) is 0 Å². The molecule has 2 rings (SSSR count). The second-order valence-electron chi connectivity index (χ2n) is 4.63. The van der Waals surface area contributed by atoms with Gasteiger partial charge in [0.05, 0.1) is 3.57 Å². The summed E-state index contributed by atoms with van der Waals surface area (Å²) in [6.45, 7) is 5.39. The zero-order valence-electron chi connectivity index (χ0n) is 10.1. The van der Waals surface area contributed by atoms with Crippen LogP contribution in [-0.2, 0) is 4.79 Å². The molecule has 1 aliphatic rings. The van der Waals surface area contributed by atoms with Crippen molar-refractivity contribution in [2.75, 3.05) is 25.0 Å². The average molecular weight is 346 g/mol. The minimum atomic E-state index is -0.554. The molecular formula is C11H15IN4O. The number of amides is 1. The van der Waals surface area contributed by atoms with Crippen LogP contribution < -0.4 is 4.90 Å². The van der Waals surface area contributed by atoms with Gasteiger partial charge in [-0.15, -0.1) is 0 Å². The van der Waals surface area contributed by atoms with E-state index in [0.717, 1.165) is 22.5 Å². The fraction of sp³-hybridized carbons (Fsp3) is 0.545. The van der Waals surface area contributed by atoms with Gasteiger partial charge in [-0.25, -0.2) is 9.97 Å². The van der Waals surface area contributed by atoms with Crippen molar-refractivity contribution in [3.63, 3.8) is 0 Å². The number of likely N-dealkylation sites (N-methyl/N-ethyl adjacent to an activating group) is 1. The van der Waals surface area contributed by atoms with Crippen molar-refractivity contribution in [2.24, 2.45) is 0 Å². The maximum atomic E-state index is 12.2. The van der Waals surface area contributed by atoms with Gasteiger partial charge in [0, 0.05) is 26.3 Å². The van der Waals surface area contributed by atoms with Crippen LogP contribution in [0.15, 0.2) is 12.5 Å². The Morgan fingerprint density at radius 2 is 2.12 bits per heavy atom. The molecule has 1 aliphatic heterocycles. The number of anilines is 1. The molecule has 0 saturated carbocycles. The highest BCUT2D eigenvalue weighted by Crippen LogP contribution is 2.29. The minimum absolute atomic E-state index is 0.123. The molecule has 1 aromatic heterocycles. The SMILES string of the molecule is CN1CCN(c2ncncc2I)C(C)(C)C1=O. The molecule has 0 spiro atoms. The summed E-state index contributed by atoms with van der Waals surface area (Å²) in [6.07, 6.45) is 3.29. The average Bonchev–Trinajstić information content (AvgIpc) is 2.28. The molecular weight excluding hydrogens is 331 g/mol. The van der Waals surface area contributed by atoms with Gasteiger partial charge in [0.2, 0.25) is 5.91 Å². The molecule has 0 bridgehead atoms. The van der Waals surface area contributed by atoms with Gasteiger partial charge in [-0.3, -0.25) is 4.79 Å². The second-order valence-corrected chi connectivity index (χ2v) is 5.79. The van der Waals surface area contributed by atoms with Crippen LogP contribution in [0.25, 0.3) is 0 Å². The number of carbonyl (C=O) groups excluding carboxylic acids is 1. The van der Waals surface area contributed by atoms with Crippen molar-refractivity contribution >= 4 is 34.3 Å². The van der Waals surface area contributed by atoms with E-state index in [-0.39, 0.29) is 5.91 Å². The predicted molar refractivity (Wildman–Crippen MR) is 73.8 cm³/mol. The van der Waals surface area contributed by atoms with E-state index in [2.05, 4.69) is 37.5 Å². The monoisotopic (exact) mass is 346 g/mol. The number of rotatable bonds is 1. The van der Waals surface area contributed by atoms with E-state index < -0.39 is 5.54 Å². The number of halogens is 1. The Morgan fingerprint density at radius 1 is 1.41 bits per heavy atom. The summed E-state index contributed by atoms with van der Waals surface area (Å²) in [5.41, 5.74) is -0.554. The summed E-state index contributed by atoms with van der Waals surface area (Å²) in [5, 5.41) is 0. The van der Waals surface area contributed by atoms with Gasteiger partial charge < -0.3 is 9.80 Å². The maximum Gasteiger partial charge on any atom is 0.247 e. The molecule has 0 radical (unpaired) electrons. The highest BCUT2D eigenvalue weighted by Gasteiger charge is 2.41. The number of hydrogen-bond donors (Lipinski definition) is 0. The molecule has 1 aromatic rings. The number of hydrogen-bond acceptors (Lipinski definition) is 4. The van der Waals surface area contributed by atoms with E-state index in [4.69, 9.17) is 0 Å². The van der Waals surface area contributed by atoms with Crippen molar-refractivity contribution in [1.29, 1.82) is 0 Å². The normalized spacial score (nSPS) is 19.6. The molecule has 2 heterocycles. The van der Waals surface area contributed by atoms with Gasteiger partial charge in [-0.05, 0) is 36.4 Å². The first-order valence-electron chi connectivity index (χ1n) is 5.43. The highest BCUT2D eigenvalue weighted by atomic mass is 127. The fourth-order valence-corrected chi connectivity index (χ4v) is 2.68. The van der Waals surface area contributed by atoms with Crippen molar-refractivity contribution in [3.8, 4) is 0 Å². The number of aromatic nitrogens is 2. The molecule has 0 aliphatic carbocycles. The minimum Gasteiger partial charge on any atom is -0.342 e. The molecule has 0 aromatic carbocycles. The van der Waals surface area contributed by atoms with Gasteiger partial charge >= 0.3 is 0 Å². The van der Waals surface area contributed by atoms with E-state index in [1.807, 2.05) is 20.9 Å². The van der Waals surface area contributed by atoms with Crippen LogP contribution in [0, 0.1) is 3.57 Å². The molecule has 1 fully saturated rings. The zero-order chi connectivity index (χ0) is 12.6. The predicted octanol–water partition coefficient (Wildman–Crippen LogP) is 1.14. The summed E-state index contributed by atoms with van der Waals surface area (Å²) in [4.78, 5) is 24.3. The third-order valence-electron chi connectivity index (χ3n) is 3.11. The second kappa shape index (κ2) is 4.40. The smallest absolute Gasteiger partial charge is 0.247 e. The summed E-state index contributed by atoms with van der Waals surface area (Å²) in [6, 6.07) is 0. The van der Waals surface area contributed by atoms with E-state index in [1.54, 1.807) is 11.1 Å². The Bertz CT molecular complexity index is 449. The molecule has 92 valence electrons. The van der Waals surface area contributed by atoms with Crippen LogP contribution in [0.3, 0.4) is 0 Å². The highest BCUT2D eigenvalue weighted by molar-refractivity contribution is 14.1. The summed E-state index contributed by atoms with van der Waals surface area (Å²) in [5.74, 6) is 0.963. The van der Waals surface area contributed by atoms with E-state index in [9.17, 15) is 4.79 Å². The van der Waals surface area contributed by atoms with Gasteiger partial charge in [0.25, 0.3) is 0 Å². The fourth-order valence-electron chi connectivity index (χ4n) is 2.09. The van der Waals surface area contributed by atoms with Crippen LogP contribution in [0.4, 0.5) is 5.82 Å². The lowest BCUT2D eigenvalue weighted by Gasteiger charge is -2.45. The third kappa shape index (κ3) is 2.10. The van der Waals surface area contributed by atoms with E-state index in [1.165, 1.54) is 6.33 Å². The number of carbonyl (C=O) groups is 1. The Labute approximate surface area is 114 Å². The van der Waals surface area contributed by atoms with Gasteiger partial charge in [-0.1, -0.05) is 0 Å². The van der Waals surface area contributed by atoms with Crippen LogP contribution in [0.2, 0.25) is 0 Å². The Hall–Kier alpha value is -0.920. The molecule has 17 heavy (non-hydrogen) atoms. The lowest BCUT2D eigenvalue weighted by molar-refractivity contribution is -0.136. The quantitative estimate of drug-likeness (QED) is 0.716. The Kier molecular flexibility index (Phi) is 3.24. The molecule has 0 unspecified atom stereocenters. The summed E-state index contributed by atoms with van der Waals surface area (Å²) in [7, 11) is 1.84. The van der Waals surface area contributed by atoms with E-state index in [0.29, 0.717) is 0 Å². The first kappa shape index (κ1) is 12.5. The number of piperazine rings is 1. The van der Waals surface area contributed by atoms with Crippen molar-refractivity contribution in [2.45, 2.75) is 19.4 Å². The molecule has 0 atom stereocenters. The zero-order valence-corrected chi connectivity index (χ0v) is 12.3. The van der Waals surface area contributed by atoms with Crippen LogP contribution in [0.5, 0.6) is 0 Å². The van der Waals surface area contributed by atoms with Crippen molar-refractivity contribution in [3.05, 3.63) is 16.1 Å². The molecule has 6 heteroatoms. The first-order chi connectivity index (χ1) is 7.94. The van der Waals surface area contributed by atoms with E-state index >= 15 is 0 Å². The molecule has 1 amide bonds. The van der Waals surface area contributed by atoms with Crippen LogP contribution in [0.1, 0.15) is 13.8 Å². The van der Waals surface area contributed by atoms with Crippen molar-refractivity contribution in [1.82, 2.24) is 14.9 Å². The number of nitrogens with zero attached hydrogens (tertiary/aromatic N) is 4. The molecule has 5 nitrogen and oxygen atoms in total. The summed E-state index contributed by atoms with van der Waals surface area (Å²) < 4.78 is 0.968. The maximum absolute atomic E-state index is 12.2. The van der Waals surface area contributed by atoms with Crippen molar-refractivity contribution < 1.29 is 4.79 Å². The third-order valence-corrected chi connectivity index (χ3v) is 3.87. The Morgan fingerprint density at radius 3 is 2.76 bits per heavy atom. The Balaban J connectivity index is 2.40. The van der Waals surface area contributed by atoms with Crippen LogP contribution in [-0.4, -0.2) is 46.5 Å².